The van der Waals surface area contributed by atoms with Gasteiger partial charge in [-0.3, -0.25) is 9.59 Å². The quantitative estimate of drug-likeness (QED) is 0.661. The highest BCUT2D eigenvalue weighted by Gasteiger charge is 2.05. The molecule has 19 heavy (non-hydrogen) atoms. The van der Waals surface area contributed by atoms with Gasteiger partial charge in [0.15, 0.2) is 0 Å². The Morgan fingerprint density at radius 2 is 1.95 bits per heavy atom. The number of phenols is 1. The van der Waals surface area contributed by atoms with Crippen molar-refractivity contribution < 1.29 is 5.11 Å². The molecule has 0 aliphatic rings. The lowest BCUT2D eigenvalue weighted by molar-refractivity contribution is 0.475. The molecule has 0 fully saturated rings. The number of rotatable bonds is 1. The van der Waals surface area contributed by atoms with Gasteiger partial charge in [0.1, 0.15) is 11.9 Å². The van der Waals surface area contributed by atoms with Gasteiger partial charge in [0.25, 0.3) is 11.1 Å². The third kappa shape index (κ3) is 2.11. The van der Waals surface area contributed by atoms with Crippen molar-refractivity contribution in [2.75, 3.05) is 0 Å². The van der Waals surface area contributed by atoms with Gasteiger partial charge in [-0.15, -0.1) is 0 Å². The lowest BCUT2D eigenvalue weighted by Crippen LogP contribution is -2.25. The maximum absolute atomic E-state index is 12.0. The van der Waals surface area contributed by atoms with Crippen LogP contribution < -0.4 is 15.7 Å². The van der Waals surface area contributed by atoms with E-state index in [-0.39, 0.29) is 16.3 Å². The van der Waals surface area contributed by atoms with E-state index in [1.54, 1.807) is 18.2 Å². The lowest BCUT2D eigenvalue weighted by atomic mass is 10.2. The van der Waals surface area contributed by atoms with Crippen molar-refractivity contribution in [2.24, 2.45) is 0 Å². The number of phenolic OH excluding ortho intramolecular Hbond substituents is 1. The zero-order chi connectivity index (χ0) is 13.4. The molecule has 7 heteroatoms. The fraction of sp³-hybridized carbons (Fsp3) is 0. The lowest BCUT2D eigenvalue weighted by Gasteiger charge is -1.91. The summed E-state index contributed by atoms with van der Waals surface area (Å²) in [5.74, 6) is 0.157. The highest BCUT2D eigenvalue weighted by atomic mass is 32.1. The Morgan fingerprint density at radius 3 is 2.68 bits per heavy atom. The third-order valence-electron chi connectivity index (χ3n) is 2.47. The van der Waals surface area contributed by atoms with E-state index >= 15 is 0 Å². The molecule has 0 saturated carbocycles. The van der Waals surface area contributed by atoms with Crippen molar-refractivity contribution in [1.29, 1.82) is 0 Å². The maximum atomic E-state index is 12.0. The predicted molar refractivity (Wildman–Crippen MR) is 70.3 cm³/mol. The Hall–Kier alpha value is -2.54. The molecule has 6 nitrogen and oxygen atoms in total. The zero-order valence-corrected chi connectivity index (χ0v) is 10.3. The van der Waals surface area contributed by atoms with Crippen LogP contribution in [0.4, 0.5) is 0 Å². The van der Waals surface area contributed by atoms with E-state index in [0.717, 1.165) is 27.6 Å². The molecule has 2 aromatic heterocycles. The van der Waals surface area contributed by atoms with Crippen molar-refractivity contribution in [2.45, 2.75) is 0 Å². The van der Waals surface area contributed by atoms with Gasteiger partial charge < -0.3 is 5.11 Å². The summed E-state index contributed by atoms with van der Waals surface area (Å²) >= 11 is 1.10. The van der Waals surface area contributed by atoms with Crippen molar-refractivity contribution in [3.63, 3.8) is 0 Å². The molecule has 0 atom stereocenters. The summed E-state index contributed by atoms with van der Waals surface area (Å²) in [5, 5.41) is 12.9. The number of thiazole rings is 1. The van der Waals surface area contributed by atoms with Gasteiger partial charge >= 0.3 is 0 Å². The van der Waals surface area contributed by atoms with Crippen molar-refractivity contribution in [3.8, 4) is 5.75 Å². The molecule has 0 amide bonds. The molecule has 1 N–H and O–H groups in total. The van der Waals surface area contributed by atoms with Crippen LogP contribution in [0.2, 0.25) is 0 Å². The van der Waals surface area contributed by atoms with Crippen LogP contribution >= 0.6 is 11.3 Å². The molecule has 3 aromatic rings. The molecule has 0 bridgehead atoms. The Bertz CT molecular complexity index is 912. The van der Waals surface area contributed by atoms with Crippen LogP contribution in [0, 0.1) is 0 Å². The second-order valence-electron chi connectivity index (χ2n) is 3.80. The van der Waals surface area contributed by atoms with E-state index in [9.17, 15) is 14.7 Å². The molecule has 3 rings (SSSR count). The number of aromatic nitrogens is 3. The summed E-state index contributed by atoms with van der Waals surface area (Å²) in [7, 11) is 0. The summed E-state index contributed by atoms with van der Waals surface area (Å²) in [5.41, 5.74) is -0.0255. The van der Waals surface area contributed by atoms with Crippen molar-refractivity contribution in [1.82, 2.24) is 14.6 Å². The normalized spacial score (nSPS) is 12.1. The van der Waals surface area contributed by atoms with Crippen LogP contribution in [-0.4, -0.2) is 19.7 Å². The Morgan fingerprint density at radius 1 is 1.21 bits per heavy atom. The highest BCUT2D eigenvalue weighted by molar-refractivity contribution is 7.15. The molecule has 0 saturated heterocycles. The van der Waals surface area contributed by atoms with E-state index < -0.39 is 5.56 Å². The highest BCUT2D eigenvalue weighted by Crippen LogP contribution is 2.10. The van der Waals surface area contributed by atoms with Gasteiger partial charge in [-0.25, -0.2) is 0 Å². The SMILES string of the molecule is O=c1cnn2c(=O)c(=Cc3ccc(O)cc3)sc2n1. The molecule has 94 valence electrons. The number of nitrogens with zero attached hydrogens (tertiary/aromatic N) is 3. The molecule has 0 spiro atoms. The van der Waals surface area contributed by atoms with Gasteiger partial charge in [0.2, 0.25) is 4.96 Å². The fourth-order valence-electron chi connectivity index (χ4n) is 1.59. The summed E-state index contributed by atoms with van der Waals surface area (Å²) in [6.45, 7) is 0. The van der Waals surface area contributed by atoms with E-state index in [0.29, 0.717) is 4.53 Å². The Kier molecular flexibility index (Phi) is 2.60. The standard InChI is InChI=1S/C12H7N3O3S/c16-8-3-1-7(2-4-8)5-9-11(18)15-12(19-9)14-10(17)6-13-15/h1-6,16H. The maximum Gasteiger partial charge on any atom is 0.292 e. The molecule has 1 aromatic carbocycles. The number of fused-ring (bicyclic) bond motifs is 1. The molecule has 0 unspecified atom stereocenters. The zero-order valence-electron chi connectivity index (χ0n) is 9.48. The molecular weight excluding hydrogens is 266 g/mol. The van der Waals surface area contributed by atoms with Gasteiger partial charge in [0, 0.05) is 0 Å². The number of benzene rings is 1. The first kappa shape index (κ1) is 11.5. The Balaban J connectivity index is 2.25. The average molecular weight is 273 g/mol. The third-order valence-corrected chi connectivity index (χ3v) is 3.43. The van der Waals surface area contributed by atoms with Crippen molar-refractivity contribution in [3.05, 3.63) is 61.3 Å². The van der Waals surface area contributed by atoms with E-state index in [1.165, 1.54) is 12.1 Å². The van der Waals surface area contributed by atoms with E-state index in [2.05, 4.69) is 10.1 Å². The van der Waals surface area contributed by atoms with E-state index in [4.69, 9.17) is 0 Å². The summed E-state index contributed by atoms with van der Waals surface area (Å²) in [6.07, 6.45) is 2.67. The van der Waals surface area contributed by atoms with Crippen LogP contribution in [-0.2, 0) is 0 Å². The summed E-state index contributed by atoms with van der Waals surface area (Å²) < 4.78 is 1.52. The first-order chi connectivity index (χ1) is 9.13. The minimum Gasteiger partial charge on any atom is -0.508 e. The fourth-order valence-corrected chi connectivity index (χ4v) is 2.51. The van der Waals surface area contributed by atoms with Gasteiger partial charge in [0.05, 0.1) is 4.53 Å². The second-order valence-corrected chi connectivity index (χ2v) is 4.81. The first-order valence-corrected chi connectivity index (χ1v) is 6.15. The molecule has 2 heterocycles. The molecule has 0 aliphatic heterocycles. The van der Waals surface area contributed by atoms with Crippen LogP contribution in [0.15, 0.2) is 40.1 Å². The van der Waals surface area contributed by atoms with Crippen LogP contribution in [0.1, 0.15) is 5.56 Å². The molecule has 0 aliphatic carbocycles. The largest absolute Gasteiger partial charge is 0.508 e. The summed E-state index contributed by atoms with van der Waals surface area (Å²) in [4.78, 5) is 27.1. The monoisotopic (exact) mass is 273 g/mol. The smallest absolute Gasteiger partial charge is 0.292 e. The topological polar surface area (TPSA) is 84.6 Å². The molecule has 0 radical (unpaired) electrons. The minimum atomic E-state index is -0.475. The molecular formula is C12H7N3O3S. The minimum absolute atomic E-state index is 0.157. The first-order valence-electron chi connectivity index (χ1n) is 5.33. The Labute approximate surface area is 109 Å². The van der Waals surface area contributed by atoms with E-state index in [1.807, 2.05) is 0 Å². The number of aromatic hydroxyl groups is 1. The van der Waals surface area contributed by atoms with Gasteiger partial charge in [-0.1, -0.05) is 23.5 Å². The van der Waals surface area contributed by atoms with Crippen LogP contribution in [0.25, 0.3) is 11.0 Å². The van der Waals surface area contributed by atoms with Crippen molar-refractivity contribution >= 4 is 22.4 Å². The van der Waals surface area contributed by atoms with Gasteiger partial charge in [-0.2, -0.15) is 14.6 Å². The van der Waals surface area contributed by atoms with Crippen LogP contribution in [0.5, 0.6) is 5.75 Å². The predicted octanol–water partition coefficient (Wildman–Crippen LogP) is -0.235. The summed E-state index contributed by atoms with van der Waals surface area (Å²) in [6, 6.07) is 6.43. The number of hydrogen-bond acceptors (Lipinski definition) is 6. The van der Waals surface area contributed by atoms with Crippen LogP contribution in [0.3, 0.4) is 0 Å². The average Bonchev–Trinajstić information content (AvgIpc) is 2.68. The second kappa shape index (κ2) is 4.29. The van der Waals surface area contributed by atoms with Gasteiger partial charge in [-0.05, 0) is 23.8 Å². The number of hydrogen-bond donors (Lipinski definition) is 1.